The van der Waals surface area contributed by atoms with Crippen molar-refractivity contribution in [3.63, 3.8) is 0 Å². The van der Waals surface area contributed by atoms with E-state index < -0.39 is 41.6 Å². The fraction of sp³-hybridized carbons (Fsp3) is 0.357. The summed E-state index contributed by atoms with van der Waals surface area (Å²) in [5, 5.41) is 8.83. The van der Waals surface area contributed by atoms with Gasteiger partial charge in [0.15, 0.2) is 5.78 Å². The van der Waals surface area contributed by atoms with Crippen molar-refractivity contribution in [1.82, 2.24) is 20.9 Å². The topological polar surface area (TPSA) is 142 Å². The second-order valence-corrected chi connectivity index (χ2v) is 9.67. The molecule has 1 aromatic heterocycles. The third kappa shape index (κ3) is 6.57. The van der Waals surface area contributed by atoms with Gasteiger partial charge in [0.1, 0.15) is 24.3 Å². The summed E-state index contributed by atoms with van der Waals surface area (Å²) in [6.45, 7) is 5.13. The number of carbonyl (C=O) groups is 4. The van der Waals surface area contributed by atoms with Crippen LogP contribution in [0.25, 0.3) is 10.9 Å². The molecule has 1 aliphatic rings. The molecule has 1 aliphatic heterocycles. The van der Waals surface area contributed by atoms with Crippen LogP contribution < -0.4 is 16.0 Å². The van der Waals surface area contributed by atoms with Crippen LogP contribution in [-0.4, -0.2) is 59.0 Å². The number of benzene rings is 2. The molecule has 3 unspecified atom stereocenters. The van der Waals surface area contributed by atoms with E-state index in [1.165, 1.54) is 6.92 Å². The SMILES string of the molecule is CC(NC(=O)OCc1ccccc1)C(=O)N[C@@H](Cc1c[nH]c2ccccc12)C(=O)NC(C)C(=O)C1(C)CO1. The minimum absolute atomic E-state index is 0.0567. The number of ether oxygens (including phenoxy) is 2. The third-order valence-corrected chi connectivity index (χ3v) is 6.52. The number of H-pyrrole nitrogens is 1. The first kappa shape index (κ1) is 26.9. The normalized spacial score (nSPS) is 18.6. The van der Waals surface area contributed by atoms with E-state index in [0.29, 0.717) is 6.61 Å². The number of para-hydroxylation sites is 1. The average Bonchev–Trinajstić information content (AvgIpc) is 3.54. The van der Waals surface area contributed by atoms with E-state index in [2.05, 4.69) is 20.9 Å². The number of fused-ring (bicyclic) bond motifs is 1. The Hall–Kier alpha value is -4.18. The molecule has 4 rings (SSSR count). The van der Waals surface area contributed by atoms with E-state index in [-0.39, 0.29) is 18.8 Å². The number of ketones is 1. The van der Waals surface area contributed by atoms with Gasteiger partial charge in [-0.05, 0) is 38.0 Å². The maximum atomic E-state index is 13.3. The van der Waals surface area contributed by atoms with Crippen LogP contribution in [0.15, 0.2) is 60.8 Å². The Labute approximate surface area is 220 Å². The highest BCUT2D eigenvalue weighted by Crippen LogP contribution is 2.28. The van der Waals surface area contributed by atoms with Crippen LogP contribution in [0.5, 0.6) is 0 Å². The number of hydrogen-bond donors (Lipinski definition) is 4. The van der Waals surface area contributed by atoms with Crippen molar-refractivity contribution in [1.29, 1.82) is 0 Å². The molecule has 2 aromatic carbocycles. The largest absolute Gasteiger partial charge is 0.445 e. The molecule has 1 fully saturated rings. The highest BCUT2D eigenvalue weighted by Gasteiger charge is 2.49. The molecule has 3 amide bonds. The molecule has 4 N–H and O–H groups in total. The zero-order valence-corrected chi connectivity index (χ0v) is 21.6. The third-order valence-electron chi connectivity index (χ3n) is 6.52. The second-order valence-electron chi connectivity index (χ2n) is 9.67. The van der Waals surface area contributed by atoms with Crippen LogP contribution in [0, 0.1) is 0 Å². The zero-order valence-electron chi connectivity index (χ0n) is 21.6. The molecule has 3 aromatic rings. The number of aromatic nitrogens is 1. The molecule has 10 heteroatoms. The van der Waals surface area contributed by atoms with E-state index in [1.54, 1.807) is 20.0 Å². The van der Waals surface area contributed by atoms with Crippen molar-refractivity contribution in [2.24, 2.45) is 0 Å². The van der Waals surface area contributed by atoms with Crippen molar-refractivity contribution >= 4 is 34.6 Å². The Bertz CT molecular complexity index is 1320. The van der Waals surface area contributed by atoms with E-state index in [0.717, 1.165) is 22.0 Å². The Morgan fingerprint density at radius 3 is 2.34 bits per heavy atom. The number of aromatic amines is 1. The van der Waals surface area contributed by atoms with Gasteiger partial charge >= 0.3 is 6.09 Å². The van der Waals surface area contributed by atoms with Gasteiger partial charge in [-0.1, -0.05) is 48.5 Å². The van der Waals surface area contributed by atoms with Crippen molar-refractivity contribution in [3.05, 3.63) is 71.9 Å². The Kier molecular flexibility index (Phi) is 8.11. The quantitative estimate of drug-likeness (QED) is 0.286. The minimum Gasteiger partial charge on any atom is -0.445 e. The monoisotopic (exact) mass is 520 g/mol. The van der Waals surface area contributed by atoms with Gasteiger partial charge in [-0.3, -0.25) is 14.4 Å². The highest BCUT2D eigenvalue weighted by atomic mass is 16.6. The average molecular weight is 521 g/mol. The van der Waals surface area contributed by atoms with E-state index >= 15 is 0 Å². The second kappa shape index (κ2) is 11.5. The van der Waals surface area contributed by atoms with Crippen LogP contribution in [-0.2, 0) is 36.9 Å². The molecule has 1 saturated heterocycles. The molecule has 0 spiro atoms. The summed E-state index contributed by atoms with van der Waals surface area (Å²) in [4.78, 5) is 54.2. The van der Waals surface area contributed by atoms with Crippen LogP contribution >= 0.6 is 0 Å². The Balaban J connectivity index is 1.41. The predicted molar refractivity (Wildman–Crippen MR) is 140 cm³/mol. The molecule has 10 nitrogen and oxygen atoms in total. The number of Topliss-reactive ketones (excluding diaryl/α,β-unsaturated/α-hetero) is 1. The van der Waals surface area contributed by atoms with Crippen LogP contribution in [0.1, 0.15) is 31.9 Å². The maximum absolute atomic E-state index is 13.3. The summed E-state index contributed by atoms with van der Waals surface area (Å²) in [5.41, 5.74) is 1.64. The summed E-state index contributed by atoms with van der Waals surface area (Å²) in [5.74, 6) is -1.33. The fourth-order valence-corrected chi connectivity index (χ4v) is 4.12. The number of nitrogens with one attached hydrogen (secondary N) is 4. The predicted octanol–water partition coefficient (Wildman–Crippen LogP) is 2.37. The number of carbonyl (C=O) groups excluding carboxylic acids is 4. The van der Waals surface area contributed by atoms with Crippen molar-refractivity contribution in [2.45, 2.75) is 57.5 Å². The van der Waals surface area contributed by atoms with E-state index in [9.17, 15) is 19.2 Å². The van der Waals surface area contributed by atoms with Crippen LogP contribution in [0.2, 0.25) is 0 Å². The molecule has 0 saturated carbocycles. The number of amides is 3. The molecule has 0 bridgehead atoms. The standard InChI is InChI=1S/C28H32N4O6/c1-17(24(33)28(3)16-38-28)30-26(35)23(13-20-14-29-22-12-8-7-11-21(20)22)32-25(34)18(2)31-27(36)37-15-19-9-5-4-6-10-19/h4-12,14,17-18,23,29H,13,15-16H2,1-3H3,(H,30,35)(H,31,36)(H,32,34)/t17?,18?,23-,28?/m0/s1. The van der Waals surface area contributed by atoms with Gasteiger partial charge in [-0.25, -0.2) is 4.79 Å². The van der Waals surface area contributed by atoms with Crippen molar-refractivity contribution in [2.75, 3.05) is 6.61 Å². The first-order valence-electron chi connectivity index (χ1n) is 12.5. The zero-order chi connectivity index (χ0) is 27.3. The molecule has 38 heavy (non-hydrogen) atoms. The smallest absolute Gasteiger partial charge is 0.408 e. The molecule has 0 aliphatic carbocycles. The van der Waals surface area contributed by atoms with Crippen LogP contribution in [0.4, 0.5) is 4.79 Å². The highest BCUT2D eigenvalue weighted by molar-refractivity contribution is 5.98. The molecule has 4 atom stereocenters. The lowest BCUT2D eigenvalue weighted by molar-refractivity contribution is -0.132. The summed E-state index contributed by atoms with van der Waals surface area (Å²) in [6.07, 6.45) is 1.19. The number of rotatable bonds is 11. The minimum atomic E-state index is -1.01. The first-order valence-corrected chi connectivity index (χ1v) is 12.5. The molecule has 200 valence electrons. The van der Waals surface area contributed by atoms with E-state index in [1.807, 2.05) is 54.6 Å². The molecule has 0 radical (unpaired) electrons. The van der Waals surface area contributed by atoms with Crippen molar-refractivity contribution in [3.8, 4) is 0 Å². The molecule has 2 heterocycles. The number of epoxide rings is 1. The molecular weight excluding hydrogens is 488 g/mol. The molecular formula is C28H32N4O6. The number of hydrogen-bond acceptors (Lipinski definition) is 6. The summed E-state index contributed by atoms with van der Waals surface area (Å²) >= 11 is 0. The van der Waals surface area contributed by atoms with Gasteiger partial charge in [-0.2, -0.15) is 0 Å². The lowest BCUT2D eigenvalue weighted by atomic mass is 10.00. The lowest BCUT2D eigenvalue weighted by Crippen LogP contribution is -2.56. The Morgan fingerprint density at radius 2 is 1.63 bits per heavy atom. The number of alkyl carbamates (subject to hydrolysis) is 1. The van der Waals surface area contributed by atoms with Crippen LogP contribution in [0.3, 0.4) is 0 Å². The summed E-state index contributed by atoms with van der Waals surface area (Å²) < 4.78 is 10.4. The maximum Gasteiger partial charge on any atom is 0.408 e. The van der Waals surface area contributed by atoms with E-state index in [4.69, 9.17) is 9.47 Å². The van der Waals surface area contributed by atoms with Gasteiger partial charge in [0.25, 0.3) is 0 Å². The summed E-state index contributed by atoms with van der Waals surface area (Å²) in [6, 6.07) is 14.0. The van der Waals surface area contributed by atoms with Gasteiger partial charge in [-0.15, -0.1) is 0 Å². The van der Waals surface area contributed by atoms with Gasteiger partial charge in [0, 0.05) is 23.5 Å². The summed E-state index contributed by atoms with van der Waals surface area (Å²) in [7, 11) is 0. The first-order chi connectivity index (χ1) is 18.2. The van der Waals surface area contributed by atoms with Gasteiger partial charge < -0.3 is 30.4 Å². The lowest BCUT2D eigenvalue weighted by Gasteiger charge is -2.23. The van der Waals surface area contributed by atoms with Gasteiger partial charge in [0.2, 0.25) is 11.8 Å². The fourth-order valence-electron chi connectivity index (χ4n) is 4.12. The van der Waals surface area contributed by atoms with Crippen molar-refractivity contribution < 1.29 is 28.7 Å². The van der Waals surface area contributed by atoms with Gasteiger partial charge in [0.05, 0.1) is 12.6 Å². The Morgan fingerprint density at radius 1 is 0.947 bits per heavy atom.